The Morgan fingerprint density at radius 1 is 1.11 bits per heavy atom. The van der Waals surface area contributed by atoms with Gasteiger partial charge in [-0.3, -0.25) is 13.9 Å². The van der Waals surface area contributed by atoms with Crippen molar-refractivity contribution in [3.05, 3.63) is 63.9 Å². The molecule has 0 saturated heterocycles. The van der Waals surface area contributed by atoms with E-state index in [-0.39, 0.29) is 43.8 Å². The molecule has 38 heavy (non-hydrogen) atoms. The molecule has 1 aliphatic carbocycles. The highest BCUT2D eigenvalue weighted by atomic mass is 35.5. The van der Waals surface area contributed by atoms with Crippen LogP contribution >= 0.6 is 23.2 Å². The lowest BCUT2D eigenvalue weighted by atomic mass is 10.1. The molecule has 1 atom stereocenters. The molecule has 0 radical (unpaired) electrons. The normalized spacial score (nSPS) is 14.8. The van der Waals surface area contributed by atoms with E-state index in [0.717, 1.165) is 36.2 Å². The fourth-order valence-corrected chi connectivity index (χ4v) is 6.17. The minimum atomic E-state index is -3.66. The van der Waals surface area contributed by atoms with Gasteiger partial charge in [-0.2, -0.15) is 0 Å². The molecule has 2 aromatic rings. The maximum absolute atomic E-state index is 13.5. The van der Waals surface area contributed by atoms with Gasteiger partial charge in [0.25, 0.3) is 0 Å². The summed E-state index contributed by atoms with van der Waals surface area (Å²) in [5, 5.41) is 3.94. The van der Waals surface area contributed by atoms with Gasteiger partial charge >= 0.3 is 0 Å². The number of hydrogen-bond donors (Lipinski definition) is 1. The summed E-state index contributed by atoms with van der Waals surface area (Å²) in [6.45, 7) is 1.98. The predicted octanol–water partition coefficient (Wildman–Crippen LogP) is 5.54. The Balaban J connectivity index is 1.78. The summed E-state index contributed by atoms with van der Waals surface area (Å²) in [6.07, 6.45) is 5.65. The molecule has 3 rings (SSSR count). The number of nitrogens with zero attached hydrogens (tertiary/aromatic N) is 2. The Bertz CT molecular complexity index is 1220. The number of amides is 2. The Hall–Kier alpha value is -2.36. The van der Waals surface area contributed by atoms with Crippen LogP contribution < -0.4 is 9.62 Å². The van der Waals surface area contributed by atoms with Gasteiger partial charge in [-0.05, 0) is 67.6 Å². The Kier molecular flexibility index (Phi) is 10.8. The van der Waals surface area contributed by atoms with E-state index in [1.165, 1.54) is 29.2 Å². The molecule has 208 valence electrons. The number of hydrogen-bond acceptors (Lipinski definition) is 4. The topological polar surface area (TPSA) is 86.8 Å². The van der Waals surface area contributed by atoms with Gasteiger partial charge in [-0.1, -0.05) is 49.0 Å². The number of nitrogens with one attached hydrogen (secondary N) is 1. The molecule has 1 fully saturated rings. The van der Waals surface area contributed by atoms with Crippen molar-refractivity contribution in [2.45, 2.75) is 70.5 Å². The van der Waals surface area contributed by atoms with Crippen LogP contribution in [0.2, 0.25) is 10.0 Å². The molecule has 0 aliphatic heterocycles. The van der Waals surface area contributed by atoms with Gasteiger partial charge in [0.05, 0.1) is 11.9 Å². The number of sulfonamides is 1. The third kappa shape index (κ3) is 8.32. The zero-order valence-electron chi connectivity index (χ0n) is 21.6. The number of anilines is 1. The quantitative estimate of drug-likeness (QED) is 0.354. The van der Waals surface area contributed by atoms with E-state index in [1.54, 1.807) is 18.2 Å². The molecule has 7 nitrogen and oxygen atoms in total. The van der Waals surface area contributed by atoms with E-state index < -0.39 is 21.9 Å². The number of carbonyl (C=O) groups excluding carboxylic acids is 2. The van der Waals surface area contributed by atoms with E-state index in [9.17, 15) is 22.4 Å². The van der Waals surface area contributed by atoms with Crippen LogP contribution in [-0.2, 0) is 26.2 Å². The molecule has 2 amide bonds. The second-order valence-electron chi connectivity index (χ2n) is 9.59. The van der Waals surface area contributed by atoms with Crippen molar-refractivity contribution in [2.24, 2.45) is 0 Å². The minimum Gasteiger partial charge on any atom is -0.352 e. The van der Waals surface area contributed by atoms with Crippen molar-refractivity contribution < 1.29 is 22.4 Å². The average Bonchev–Trinajstić information content (AvgIpc) is 3.36. The highest BCUT2D eigenvalue weighted by Crippen LogP contribution is 2.25. The molecular formula is C27H34Cl2FN3O4S. The lowest BCUT2D eigenvalue weighted by Gasteiger charge is -2.32. The number of carbonyl (C=O) groups is 2. The monoisotopic (exact) mass is 585 g/mol. The van der Waals surface area contributed by atoms with Gasteiger partial charge < -0.3 is 10.2 Å². The van der Waals surface area contributed by atoms with Crippen LogP contribution in [0.15, 0.2) is 42.5 Å². The van der Waals surface area contributed by atoms with E-state index in [0.29, 0.717) is 27.7 Å². The molecule has 1 aliphatic rings. The zero-order chi connectivity index (χ0) is 27.9. The van der Waals surface area contributed by atoms with Crippen molar-refractivity contribution >= 4 is 50.7 Å². The van der Waals surface area contributed by atoms with Gasteiger partial charge in [0.2, 0.25) is 21.8 Å². The van der Waals surface area contributed by atoms with E-state index in [2.05, 4.69) is 5.32 Å². The molecular weight excluding hydrogens is 552 g/mol. The number of halogens is 3. The molecule has 1 saturated carbocycles. The first-order chi connectivity index (χ1) is 18.0. The molecule has 0 heterocycles. The van der Waals surface area contributed by atoms with E-state index >= 15 is 0 Å². The number of benzene rings is 2. The van der Waals surface area contributed by atoms with Crippen molar-refractivity contribution in [3.8, 4) is 0 Å². The standard InChI is InChI=1S/C27H34Cl2FN3O4S/c1-3-25(27(35)31-22-7-4-5-8-22)32(18-19-10-11-20(28)17-24(19)29)26(34)9-6-16-33(38(2,36)37)23-14-12-21(30)13-15-23/h10-15,17,22,25H,3-9,16,18H2,1-2H3,(H,31,35). The van der Waals surface area contributed by atoms with Crippen molar-refractivity contribution in [1.29, 1.82) is 0 Å². The zero-order valence-corrected chi connectivity index (χ0v) is 24.0. The second kappa shape index (κ2) is 13.6. The summed E-state index contributed by atoms with van der Waals surface area (Å²) in [6, 6.07) is 9.53. The van der Waals surface area contributed by atoms with Crippen LogP contribution in [0, 0.1) is 5.82 Å². The first-order valence-electron chi connectivity index (χ1n) is 12.8. The molecule has 1 N–H and O–H groups in total. The molecule has 2 aromatic carbocycles. The van der Waals surface area contributed by atoms with Crippen LogP contribution in [0.5, 0.6) is 0 Å². The smallest absolute Gasteiger partial charge is 0.243 e. The second-order valence-corrected chi connectivity index (χ2v) is 12.3. The van der Waals surface area contributed by atoms with Crippen LogP contribution in [-0.4, -0.2) is 50.0 Å². The first kappa shape index (κ1) is 30.2. The van der Waals surface area contributed by atoms with E-state index in [4.69, 9.17) is 23.2 Å². The maximum atomic E-state index is 13.5. The van der Waals surface area contributed by atoms with Gasteiger partial charge in [-0.25, -0.2) is 12.8 Å². The Morgan fingerprint density at radius 2 is 1.76 bits per heavy atom. The highest BCUT2D eigenvalue weighted by molar-refractivity contribution is 7.92. The summed E-state index contributed by atoms with van der Waals surface area (Å²) >= 11 is 12.4. The molecule has 11 heteroatoms. The van der Waals surface area contributed by atoms with Crippen LogP contribution in [0.4, 0.5) is 10.1 Å². The summed E-state index contributed by atoms with van der Waals surface area (Å²) in [5.41, 5.74) is 0.967. The van der Waals surface area contributed by atoms with Gasteiger partial charge in [0.1, 0.15) is 11.9 Å². The molecule has 1 unspecified atom stereocenters. The summed E-state index contributed by atoms with van der Waals surface area (Å²) in [5.74, 6) is -0.978. The molecule has 0 aromatic heterocycles. The SMILES string of the molecule is CCC(C(=O)NC1CCCC1)N(Cc1ccc(Cl)cc1Cl)C(=O)CCCN(c1ccc(F)cc1)S(C)(=O)=O. The first-order valence-corrected chi connectivity index (χ1v) is 15.4. The van der Waals surface area contributed by atoms with Crippen molar-refractivity contribution in [2.75, 3.05) is 17.1 Å². The average molecular weight is 587 g/mol. The fourth-order valence-electron chi connectivity index (χ4n) is 4.73. The van der Waals surface area contributed by atoms with Crippen LogP contribution in [0.25, 0.3) is 0 Å². The predicted molar refractivity (Wildman–Crippen MR) is 149 cm³/mol. The molecule has 0 spiro atoms. The highest BCUT2D eigenvalue weighted by Gasteiger charge is 2.31. The van der Waals surface area contributed by atoms with Gasteiger partial charge in [0, 0.05) is 35.6 Å². The van der Waals surface area contributed by atoms with E-state index in [1.807, 2.05) is 6.92 Å². The van der Waals surface area contributed by atoms with Gasteiger partial charge in [-0.15, -0.1) is 0 Å². The van der Waals surface area contributed by atoms with Gasteiger partial charge in [0.15, 0.2) is 0 Å². The third-order valence-electron chi connectivity index (χ3n) is 6.71. The van der Waals surface area contributed by atoms with Crippen LogP contribution in [0.1, 0.15) is 57.4 Å². The number of rotatable bonds is 12. The van der Waals surface area contributed by atoms with Crippen LogP contribution in [0.3, 0.4) is 0 Å². The van der Waals surface area contributed by atoms with Crippen molar-refractivity contribution in [1.82, 2.24) is 10.2 Å². The fraction of sp³-hybridized carbons (Fsp3) is 0.481. The van der Waals surface area contributed by atoms with Crippen molar-refractivity contribution in [3.63, 3.8) is 0 Å². The maximum Gasteiger partial charge on any atom is 0.243 e. The summed E-state index contributed by atoms with van der Waals surface area (Å²) in [7, 11) is -3.66. The Labute approximate surface area is 234 Å². The third-order valence-corrected chi connectivity index (χ3v) is 8.49. The Morgan fingerprint density at radius 3 is 2.34 bits per heavy atom. The minimum absolute atomic E-state index is 0.00559. The molecule has 0 bridgehead atoms. The summed E-state index contributed by atoms with van der Waals surface area (Å²) in [4.78, 5) is 28.3. The largest absolute Gasteiger partial charge is 0.352 e. The summed E-state index contributed by atoms with van der Waals surface area (Å²) < 4.78 is 39.3. The lowest BCUT2D eigenvalue weighted by molar-refractivity contribution is -0.141. The lowest BCUT2D eigenvalue weighted by Crippen LogP contribution is -2.51.